The Labute approximate surface area is 224 Å². The molecule has 8 nitrogen and oxygen atoms in total. The second-order valence-electron chi connectivity index (χ2n) is 12.4. The Bertz CT molecular complexity index is 1190. The van der Waals surface area contributed by atoms with Gasteiger partial charge in [-0.15, -0.1) is 0 Å². The van der Waals surface area contributed by atoms with Crippen molar-refractivity contribution in [3.05, 3.63) is 47.5 Å². The van der Waals surface area contributed by atoms with Crippen LogP contribution in [0.4, 0.5) is 16.0 Å². The molecule has 1 saturated heterocycles. The van der Waals surface area contributed by atoms with Crippen LogP contribution in [0.25, 0.3) is 0 Å². The molecule has 4 bridgehead atoms. The van der Waals surface area contributed by atoms with Crippen molar-refractivity contribution < 1.29 is 14.3 Å². The molecule has 3 unspecified atom stereocenters. The molecule has 38 heavy (non-hydrogen) atoms. The number of hydrogen-bond acceptors (Lipinski definition) is 7. The number of amides is 1. The van der Waals surface area contributed by atoms with E-state index < -0.39 is 5.60 Å². The number of halogens is 1. The lowest BCUT2D eigenvalue weighted by Gasteiger charge is -2.58. The second kappa shape index (κ2) is 9.75. The summed E-state index contributed by atoms with van der Waals surface area (Å²) in [6.45, 7) is 4.70. The van der Waals surface area contributed by atoms with E-state index in [1.54, 1.807) is 18.3 Å². The first-order valence-electron chi connectivity index (χ1n) is 14.0. The SMILES string of the molecule is CC1CN(c2ccc(CN(C)C)cc2F)CCN1c1nccc(C(=O)NC2C3CC4CC2CC(O)(C4)C3)n1. The van der Waals surface area contributed by atoms with Gasteiger partial charge in [0.1, 0.15) is 11.5 Å². The average Bonchev–Trinajstić information content (AvgIpc) is 2.85. The lowest BCUT2D eigenvalue weighted by molar-refractivity contribution is -0.136. The van der Waals surface area contributed by atoms with E-state index in [0.717, 1.165) is 37.7 Å². The maximum Gasteiger partial charge on any atom is 0.270 e. The Morgan fingerprint density at radius 1 is 1.18 bits per heavy atom. The first kappa shape index (κ1) is 25.5. The van der Waals surface area contributed by atoms with Crippen LogP contribution in [0.3, 0.4) is 0 Å². The summed E-state index contributed by atoms with van der Waals surface area (Å²) < 4.78 is 14.9. The quantitative estimate of drug-likeness (QED) is 0.603. The number of hydrogen-bond donors (Lipinski definition) is 2. The number of nitrogens with zero attached hydrogens (tertiary/aromatic N) is 5. The standard InChI is InChI=1S/C29H39FN6O2/c1-18-16-35(25-5-4-19(12-23(25)30)17-34(2)3)8-9-36(18)28-31-7-6-24(32-28)27(37)33-26-21-10-20-11-22(26)15-29(38,13-20)14-21/h4-7,12,18,20-22,26,38H,8-11,13-17H2,1-3H3,(H,33,37). The summed E-state index contributed by atoms with van der Waals surface area (Å²) >= 11 is 0. The van der Waals surface area contributed by atoms with Gasteiger partial charge in [-0.25, -0.2) is 14.4 Å². The van der Waals surface area contributed by atoms with Gasteiger partial charge in [-0.1, -0.05) is 6.07 Å². The third-order valence-corrected chi connectivity index (χ3v) is 9.15. The molecule has 5 fully saturated rings. The van der Waals surface area contributed by atoms with Crippen LogP contribution in [0, 0.1) is 23.6 Å². The lowest BCUT2D eigenvalue weighted by atomic mass is 9.52. The number of aromatic nitrogens is 2. The Morgan fingerprint density at radius 2 is 1.95 bits per heavy atom. The van der Waals surface area contributed by atoms with Crippen molar-refractivity contribution >= 4 is 17.5 Å². The fraction of sp³-hybridized carbons (Fsp3) is 0.621. The van der Waals surface area contributed by atoms with Gasteiger partial charge in [-0.05, 0) is 94.6 Å². The molecule has 1 amide bonds. The summed E-state index contributed by atoms with van der Waals surface area (Å²) in [5.74, 6) is 1.47. The molecule has 7 rings (SSSR count). The largest absolute Gasteiger partial charge is 0.390 e. The zero-order valence-corrected chi connectivity index (χ0v) is 22.6. The van der Waals surface area contributed by atoms with Gasteiger partial charge in [0.25, 0.3) is 5.91 Å². The van der Waals surface area contributed by atoms with Crippen LogP contribution in [0.1, 0.15) is 55.1 Å². The van der Waals surface area contributed by atoms with E-state index in [9.17, 15) is 14.3 Å². The molecule has 3 atom stereocenters. The van der Waals surface area contributed by atoms with Crippen molar-refractivity contribution in [1.82, 2.24) is 20.2 Å². The molecule has 2 N–H and O–H groups in total. The van der Waals surface area contributed by atoms with Crippen molar-refractivity contribution in [2.75, 3.05) is 43.5 Å². The van der Waals surface area contributed by atoms with E-state index in [-0.39, 0.29) is 23.8 Å². The van der Waals surface area contributed by atoms with Gasteiger partial charge in [0.2, 0.25) is 5.95 Å². The van der Waals surface area contributed by atoms with Crippen LogP contribution in [0.5, 0.6) is 0 Å². The molecule has 2 aromatic rings. The molecule has 5 aliphatic rings. The number of rotatable bonds is 6. The minimum Gasteiger partial charge on any atom is -0.390 e. The normalized spacial score (nSPS) is 32.2. The summed E-state index contributed by atoms with van der Waals surface area (Å²) in [5.41, 5.74) is 1.43. The van der Waals surface area contributed by atoms with Gasteiger partial charge in [-0.2, -0.15) is 0 Å². The Balaban J connectivity index is 1.11. The third-order valence-electron chi connectivity index (χ3n) is 9.15. The predicted octanol–water partition coefficient (Wildman–Crippen LogP) is 3.06. The van der Waals surface area contributed by atoms with Crippen molar-refractivity contribution in [1.29, 1.82) is 0 Å². The summed E-state index contributed by atoms with van der Waals surface area (Å²) in [5, 5.41) is 14.1. The van der Waals surface area contributed by atoms with Gasteiger partial charge in [0.15, 0.2) is 0 Å². The smallest absolute Gasteiger partial charge is 0.270 e. The highest BCUT2D eigenvalue weighted by Gasteiger charge is 2.55. The molecule has 0 radical (unpaired) electrons. The first-order chi connectivity index (χ1) is 18.2. The minimum atomic E-state index is -0.519. The molecule has 4 aliphatic carbocycles. The minimum absolute atomic E-state index is 0.0492. The molecular weight excluding hydrogens is 483 g/mol. The highest BCUT2D eigenvalue weighted by Crippen LogP contribution is 2.55. The van der Waals surface area contributed by atoms with E-state index >= 15 is 0 Å². The highest BCUT2D eigenvalue weighted by molar-refractivity contribution is 5.92. The number of carbonyl (C=O) groups is 1. The number of carbonyl (C=O) groups excluding carboxylic acids is 1. The first-order valence-corrected chi connectivity index (χ1v) is 14.0. The number of anilines is 2. The van der Waals surface area contributed by atoms with Gasteiger partial charge in [-0.3, -0.25) is 4.79 Å². The second-order valence-corrected chi connectivity index (χ2v) is 12.4. The monoisotopic (exact) mass is 522 g/mol. The van der Waals surface area contributed by atoms with Crippen molar-refractivity contribution in [3.63, 3.8) is 0 Å². The molecule has 1 aromatic heterocycles. The summed E-state index contributed by atoms with van der Waals surface area (Å²) in [4.78, 5) is 28.6. The number of benzene rings is 1. The topological polar surface area (TPSA) is 84.8 Å². The highest BCUT2D eigenvalue weighted by atomic mass is 19.1. The molecular formula is C29H39FN6O2. The molecule has 1 aromatic carbocycles. The fourth-order valence-electron chi connectivity index (χ4n) is 7.80. The van der Waals surface area contributed by atoms with Crippen molar-refractivity contribution in [2.24, 2.45) is 17.8 Å². The maximum absolute atomic E-state index is 14.9. The van der Waals surface area contributed by atoms with Crippen molar-refractivity contribution in [2.45, 2.75) is 63.3 Å². The van der Waals surface area contributed by atoms with E-state index in [2.05, 4.69) is 32.0 Å². The number of nitrogens with one attached hydrogen (secondary N) is 1. The van der Waals surface area contributed by atoms with E-state index in [4.69, 9.17) is 0 Å². The fourth-order valence-corrected chi connectivity index (χ4v) is 7.80. The average molecular weight is 523 g/mol. The van der Waals surface area contributed by atoms with Crippen LogP contribution < -0.4 is 15.1 Å². The van der Waals surface area contributed by atoms with E-state index in [1.807, 2.05) is 31.1 Å². The predicted molar refractivity (Wildman–Crippen MR) is 145 cm³/mol. The van der Waals surface area contributed by atoms with Gasteiger partial charge >= 0.3 is 0 Å². The van der Waals surface area contributed by atoms with Crippen LogP contribution in [0.15, 0.2) is 30.5 Å². The van der Waals surface area contributed by atoms with Gasteiger partial charge < -0.3 is 25.1 Å². The molecule has 0 spiro atoms. The Morgan fingerprint density at radius 3 is 2.61 bits per heavy atom. The van der Waals surface area contributed by atoms with E-state index in [1.165, 1.54) is 0 Å². The van der Waals surface area contributed by atoms with Gasteiger partial charge in [0, 0.05) is 44.5 Å². The zero-order chi connectivity index (χ0) is 26.6. The molecule has 4 saturated carbocycles. The van der Waals surface area contributed by atoms with Crippen LogP contribution in [-0.2, 0) is 6.54 Å². The summed E-state index contributed by atoms with van der Waals surface area (Å²) in [6, 6.07) is 7.33. The zero-order valence-electron chi connectivity index (χ0n) is 22.6. The van der Waals surface area contributed by atoms with Crippen LogP contribution >= 0.6 is 0 Å². The van der Waals surface area contributed by atoms with Crippen molar-refractivity contribution in [3.8, 4) is 0 Å². The van der Waals surface area contributed by atoms with Gasteiger partial charge in [0.05, 0.1) is 11.3 Å². The maximum atomic E-state index is 14.9. The van der Waals surface area contributed by atoms with E-state index in [0.29, 0.717) is 61.3 Å². The Hall–Kier alpha value is -2.78. The Kier molecular flexibility index (Phi) is 6.54. The molecule has 204 valence electrons. The molecule has 1 aliphatic heterocycles. The molecule has 9 heteroatoms. The lowest BCUT2D eigenvalue weighted by Crippen LogP contribution is -2.61. The summed E-state index contributed by atoms with van der Waals surface area (Å²) in [7, 11) is 3.95. The third kappa shape index (κ3) is 4.86. The number of aliphatic hydroxyl groups is 1. The van der Waals surface area contributed by atoms with Crippen LogP contribution in [-0.4, -0.2) is 77.3 Å². The molecule has 2 heterocycles. The van der Waals surface area contributed by atoms with Crippen LogP contribution in [0.2, 0.25) is 0 Å². The number of piperazine rings is 1. The summed E-state index contributed by atoms with van der Waals surface area (Å²) in [6.07, 6.45) is 6.36.